The average Bonchev–Trinajstić information content (AvgIpc) is 2.37. The van der Waals surface area contributed by atoms with Gasteiger partial charge in [-0.2, -0.15) is 0 Å². The molecule has 0 aliphatic rings. The first-order valence-corrected chi connectivity index (χ1v) is 6.65. The fourth-order valence-corrected chi connectivity index (χ4v) is 2.08. The van der Waals surface area contributed by atoms with Crippen molar-refractivity contribution in [2.75, 3.05) is 26.7 Å². The molecule has 0 N–H and O–H groups in total. The number of methoxy groups -OCH3 is 1. The standard InChI is InChI=1S/C15H25NO.ClH/c1-4-10-16(11-5-2)12-9-14-7-6-8-15(13-14)17-3;/h6-8,13H,4-5,9-12H2,1-3H3;1H. The van der Waals surface area contributed by atoms with Gasteiger partial charge in [0.25, 0.3) is 0 Å². The molecule has 0 fully saturated rings. The zero-order chi connectivity index (χ0) is 12.5. The minimum absolute atomic E-state index is 0. The molecule has 0 atom stereocenters. The van der Waals surface area contributed by atoms with Gasteiger partial charge in [0.05, 0.1) is 7.11 Å². The zero-order valence-electron chi connectivity index (χ0n) is 11.8. The summed E-state index contributed by atoms with van der Waals surface area (Å²) in [5.74, 6) is 0.958. The van der Waals surface area contributed by atoms with Crippen molar-refractivity contribution >= 4 is 12.4 Å². The molecule has 1 rings (SSSR count). The summed E-state index contributed by atoms with van der Waals surface area (Å²) in [6.07, 6.45) is 3.58. The van der Waals surface area contributed by atoms with Gasteiger partial charge >= 0.3 is 0 Å². The Kier molecular flexibility index (Phi) is 9.80. The molecule has 0 saturated carbocycles. The highest BCUT2D eigenvalue weighted by molar-refractivity contribution is 5.85. The molecule has 18 heavy (non-hydrogen) atoms. The molecule has 0 bridgehead atoms. The number of hydrogen-bond donors (Lipinski definition) is 0. The van der Waals surface area contributed by atoms with Crippen molar-refractivity contribution in [3.63, 3.8) is 0 Å². The maximum atomic E-state index is 5.24. The highest BCUT2D eigenvalue weighted by Crippen LogP contribution is 2.13. The lowest BCUT2D eigenvalue weighted by Gasteiger charge is -2.20. The maximum Gasteiger partial charge on any atom is 0.119 e. The van der Waals surface area contributed by atoms with E-state index in [1.807, 2.05) is 6.07 Å². The van der Waals surface area contributed by atoms with Crippen LogP contribution >= 0.6 is 12.4 Å². The van der Waals surface area contributed by atoms with Crippen LogP contribution in [0.5, 0.6) is 5.75 Å². The number of rotatable bonds is 8. The Balaban J connectivity index is 0.00000289. The number of benzene rings is 1. The van der Waals surface area contributed by atoms with Crippen LogP contribution in [0.15, 0.2) is 24.3 Å². The second-order valence-corrected chi connectivity index (χ2v) is 4.44. The molecule has 1 aromatic rings. The number of nitrogens with zero attached hydrogens (tertiary/aromatic N) is 1. The van der Waals surface area contributed by atoms with Crippen LogP contribution in [0.1, 0.15) is 32.3 Å². The molecule has 0 unspecified atom stereocenters. The first kappa shape index (κ1) is 17.3. The Morgan fingerprint density at radius 3 is 2.28 bits per heavy atom. The van der Waals surface area contributed by atoms with E-state index in [4.69, 9.17) is 4.74 Å². The second-order valence-electron chi connectivity index (χ2n) is 4.44. The van der Waals surface area contributed by atoms with Crippen LogP contribution in [-0.2, 0) is 6.42 Å². The fourth-order valence-electron chi connectivity index (χ4n) is 2.08. The minimum atomic E-state index is 0. The highest BCUT2D eigenvalue weighted by atomic mass is 35.5. The van der Waals surface area contributed by atoms with Gasteiger partial charge in [0.1, 0.15) is 5.75 Å². The predicted octanol–water partition coefficient (Wildman–Crippen LogP) is 3.78. The van der Waals surface area contributed by atoms with Gasteiger partial charge < -0.3 is 9.64 Å². The largest absolute Gasteiger partial charge is 0.497 e. The van der Waals surface area contributed by atoms with E-state index < -0.39 is 0 Å². The van der Waals surface area contributed by atoms with Gasteiger partial charge in [-0.15, -0.1) is 12.4 Å². The lowest BCUT2D eigenvalue weighted by molar-refractivity contribution is 0.278. The van der Waals surface area contributed by atoms with Crippen LogP contribution in [0.2, 0.25) is 0 Å². The van der Waals surface area contributed by atoms with Crippen LogP contribution < -0.4 is 4.74 Å². The second kappa shape index (κ2) is 10.2. The molecule has 0 aromatic heterocycles. The smallest absolute Gasteiger partial charge is 0.119 e. The molecule has 0 spiro atoms. The monoisotopic (exact) mass is 271 g/mol. The summed E-state index contributed by atoms with van der Waals surface area (Å²) in [4.78, 5) is 2.54. The molecule has 0 aliphatic heterocycles. The fraction of sp³-hybridized carbons (Fsp3) is 0.600. The Labute approximate surface area is 118 Å². The van der Waals surface area contributed by atoms with Crippen molar-refractivity contribution in [3.8, 4) is 5.75 Å². The SMILES string of the molecule is CCCN(CCC)CCc1cccc(OC)c1.Cl. The summed E-state index contributed by atoms with van der Waals surface area (Å²) in [7, 11) is 1.72. The van der Waals surface area contributed by atoms with Crippen molar-refractivity contribution in [2.45, 2.75) is 33.1 Å². The quantitative estimate of drug-likeness (QED) is 0.713. The molecular formula is C15H26ClNO. The van der Waals surface area contributed by atoms with Crippen LogP contribution in [0.4, 0.5) is 0 Å². The van der Waals surface area contributed by atoms with E-state index in [0.717, 1.165) is 18.7 Å². The van der Waals surface area contributed by atoms with Gasteiger partial charge in [-0.1, -0.05) is 26.0 Å². The first-order valence-electron chi connectivity index (χ1n) is 6.65. The van der Waals surface area contributed by atoms with Crippen LogP contribution in [0.3, 0.4) is 0 Å². The molecule has 1 aromatic carbocycles. The van der Waals surface area contributed by atoms with E-state index in [0.29, 0.717) is 0 Å². The maximum absolute atomic E-state index is 5.24. The van der Waals surface area contributed by atoms with Gasteiger partial charge in [-0.3, -0.25) is 0 Å². The molecule has 0 amide bonds. The summed E-state index contributed by atoms with van der Waals surface area (Å²) in [5.41, 5.74) is 1.36. The highest BCUT2D eigenvalue weighted by Gasteiger charge is 2.03. The molecule has 0 aliphatic carbocycles. The summed E-state index contributed by atoms with van der Waals surface area (Å²) in [6.45, 7) is 8.05. The van der Waals surface area contributed by atoms with Crippen molar-refractivity contribution in [1.82, 2.24) is 4.90 Å². The van der Waals surface area contributed by atoms with E-state index in [2.05, 4.69) is 36.9 Å². The van der Waals surface area contributed by atoms with Crippen LogP contribution in [0, 0.1) is 0 Å². The van der Waals surface area contributed by atoms with Crippen molar-refractivity contribution in [2.24, 2.45) is 0 Å². The van der Waals surface area contributed by atoms with E-state index in [1.54, 1.807) is 7.11 Å². The van der Waals surface area contributed by atoms with E-state index in [-0.39, 0.29) is 12.4 Å². The van der Waals surface area contributed by atoms with Crippen LogP contribution in [0.25, 0.3) is 0 Å². The summed E-state index contributed by atoms with van der Waals surface area (Å²) in [5, 5.41) is 0. The molecule has 0 heterocycles. The van der Waals surface area contributed by atoms with Crippen molar-refractivity contribution in [1.29, 1.82) is 0 Å². The van der Waals surface area contributed by atoms with Crippen molar-refractivity contribution in [3.05, 3.63) is 29.8 Å². The zero-order valence-corrected chi connectivity index (χ0v) is 12.6. The molecule has 2 nitrogen and oxygen atoms in total. The van der Waals surface area contributed by atoms with E-state index >= 15 is 0 Å². The number of hydrogen-bond acceptors (Lipinski definition) is 2. The van der Waals surface area contributed by atoms with Gasteiger partial charge in [0.15, 0.2) is 0 Å². The predicted molar refractivity (Wildman–Crippen MR) is 81.0 cm³/mol. The molecule has 0 radical (unpaired) electrons. The first-order chi connectivity index (χ1) is 8.30. The third-order valence-corrected chi connectivity index (χ3v) is 2.93. The van der Waals surface area contributed by atoms with Gasteiger partial charge in [-0.05, 0) is 50.0 Å². The van der Waals surface area contributed by atoms with E-state index in [9.17, 15) is 0 Å². The third kappa shape index (κ3) is 6.27. The van der Waals surface area contributed by atoms with Crippen molar-refractivity contribution < 1.29 is 4.74 Å². The average molecular weight is 272 g/mol. The minimum Gasteiger partial charge on any atom is -0.497 e. The summed E-state index contributed by atoms with van der Waals surface area (Å²) in [6, 6.07) is 8.38. The number of ether oxygens (including phenoxy) is 1. The Morgan fingerprint density at radius 1 is 1.06 bits per heavy atom. The molecule has 104 valence electrons. The topological polar surface area (TPSA) is 12.5 Å². The lowest BCUT2D eigenvalue weighted by Crippen LogP contribution is -2.27. The number of halogens is 1. The summed E-state index contributed by atoms with van der Waals surface area (Å²) >= 11 is 0. The lowest BCUT2D eigenvalue weighted by atomic mass is 10.1. The molecule has 0 saturated heterocycles. The third-order valence-electron chi connectivity index (χ3n) is 2.93. The normalized spacial score (nSPS) is 10.2. The molecular weight excluding hydrogens is 246 g/mol. The van der Waals surface area contributed by atoms with Gasteiger partial charge in [-0.25, -0.2) is 0 Å². The Hall–Kier alpha value is -0.730. The van der Waals surface area contributed by atoms with Crippen LogP contribution in [-0.4, -0.2) is 31.6 Å². The molecule has 3 heteroatoms. The Morgan fingerprint density at radius 2 is 1.72 bits per heavy atom. The van der Waals surface area contributed by atoms with E-state index in [1.165, 1.54) is 31.5 Å². The van der Waals surface area contributed by atoms with Gasteiger partial charge in [0.2, 0.25) is 0 Å². The Bertz CT molecular complexity index is 311. The summed E-state index contributed by atoms with van der Waals surface area (Å²) < 4.78 is 5.24. The van der Waals surface area contributed by atoms with Gasteiger partial charge in [0, 0.05) is 6.54 Å².